The van der Waals surface area contributed by atoms with Crippen molar-refractivity contribution in [2.45, 2.75) is 25.4 Å². The molecule has 0 bridgehead atoms. The molecule has 1 aromatic heterocycles. The number of aromatic amines is 1. The first-order chi connectivity index (χ1) is 12.4. The van der Waals surface area contributed by atoms with E-state index in [1.165, 1.54) is 12.1 Å². The Kier molecular flexibility index (Phi) is 3.98. The van der Waals surface area contributed by atoms with Gasteiger partial charge in [0.1, 0.15) is 0 Å². The number of aryl methyl sites for hydroxylation is 1. The summed E-state index contributed by atoms with van der Waals surface area (Å²) >= 11 is 0. The summed E-state index contributed by atoms with van der Waals surface area (Å²) in [7, 11) is 0. The van der Waals surface area contributed by atoms with E-state index in [2.05, 4.69) is 4.98 Å². The van der Waals surface area contributed by atoms with Crippen LogP contribution in [0.15, 0.2) is 48.7 Å². The first-order valence-electron chi connectivity index (χ1n) is 8.49. The number of alkyl halides is 3. The fourth-order valence-electron chi connectivity index (χ4n) is 3.57. The smallest absolute Gasteiger partial charge is 0.361 e. The zero-order chi connectivity index (χ0) is 18.3. The average molecular weight is 358 g/mol. The Morgan fingerprint density at radius 3 is 2.77 bits per heavy atom. The van der Waals surface area contributed by atoms with Gasteiger partial charge in [0.15, 0.2) is 0 Å². The van der Waals surface area contributed by atoms with Crippen molar-refractivity contribution in [1.82, 2.24) is 4.98 Å². The number of aromatic nitrogens is 1. The first-order valence-corrected chi connectivity index (χ1v) is 8.49. The molecule has 0 fully saturated rings. The molecular formula is C20H17F3N2O. The van der Waals surface area contributed by atoms with Crippen molar-refractivity contribution in [3.05, 3.63) is 65.4 Å². The van der Waals surface area contributed by atoms with E-state index in [1.54, 1.807) is 4.90 Å². The SMILES string of the molecule is O=C(Cc1c[nH]c2ccccc12)N1CCCc2cc(C(F)(F)F)ccc21. The molecule has 0 unspecified atom stereocenters. The highest BCUT2D eigenvalue weighted by Gasteiger charge is 2.32. The molecule has 0 atom stereocenters. The molecule has 1 aliphatic heterocycles. The molecule has 1 N–H and O–H groups in total. The van der Waals surface area contributed by atoms with Crippen molar-refractivity contribution in [2.75, 3.05) is 11.4 Å². The summed E-state index contributed by atoms with van der Waals surface area (Å²) in [6.07, 6.45) is -1.12. The fourth-order valence-corrected chi connectivity index (χ4v) is 3.57. The van der Waals surface area contributed by atoms with Crippen LogP contribution in [0.2, 0.25) is 0 Å². The van der Waals surface area contributed by atoms with Crippen molar-refractivity contribution in [2.24, 2.45) is 0 Å². The molecule has 0 spiro atoms. The fraction of sp³-hybridized carbons (Fsp3) is 0.250. The number of anilines is 1. The summed E-state index contributed by atoms with van der Waals surface area (Å²) < 4.78 is 38.8. The number of nitrogens with one attached hydrogen (secondary N) is 1. The van der Waals surface area contributed by atoms with Crippen molar-refractivity contribution in [1.29, 1.82) is 0 Å². The normalized spacial score (nSPS) is 14.5. The van der Waals surface area contributed by atoms with Crippen LogP contribution >= 0.6 is 0 Å². The number of nitrogens with zero attached hydrogens (tertiary/aromatic N) is 1. The molecule has 6 heteroatoms. The summed E-state index contributed by atoms with van der Waals surface area (Å²) in [4.78, 5) is 17.6. The van der Waals surface area contributed by atoms with Crippen molar-refractivity contribution < 1.29 is 18.0 Å². The molecule has 0 saturated heterocycles. The topological polar surface area (TPSA) is 36.1 Å². The molecule has 1 amide bonds. The average Bonchev–Trinajstić information content (AvgIpc) is 3.03. The minimum Gasteiger partial charge on any atom is -0.361 e. The van der Waals surface area contributed by atoms with E-state index in [-0.39, 0.29) is 12.3 Å². The van der Waals surface area contributed by atoms with Gasteiger partial charge in [-0.3, -0.25) is 4.79 Å². The lowest BCUT2D eigenvalue weighted by Crippen LogP contribution is -2.36. The Morgan fingerprint density at radius 2 is 1.96 bits per heavy atom. The molecule has 0 aliphatic carbocycles. The number of hydrogen-bond acceptors (Lipinski definition) is 1. The van der Waals surface area contributed by atoms with Gasteiger partial charge < -0.3 is 9.88 Å². The lowest BCUT2D eigenvalue weighted by Gasteiger charge is -2.30. The van der Waals surface area contributed by atoms with E-state index < -0.39 is 11.7 Å². The molecule has 3 nitrogen and oxygen atoms in total. The molecule has 26 heavy (non-hydrogen) atoms. The minimum atomic E-state index is -4.37. The summed E-state index contributed by atoms with van der Waals surface area (Å²) in [5, 5.41) is 0.991. The van der Waals surface area contributed by atoms with Crippen LogP contribution in [-0.4, -0.2) is 17.4 Å². The van der Waals surface area contributed by atoms with Gasteiger partial charge in [0, 0.05) is 29.3 Å². The molecular weight excluding hydrogens is 341 g/mol. The number of H-pyrrole nitrogens is 1. The van der Waals surface area contributed by atoms with Gasteiger partial charge >= 0.3 is 6.18 Å². The quantitative estimate of drug-likeness (QED) is 0.708. The maximum absolute atomic E-state index is 12.9. The second-order valence-electron chi connectivity index (χ2n) is 6.53. The number of hydrogen-bond donors (Lipinski definition) is 1. The van der Waals surface area contributed by atoms with Gasteiger partial charge in [-0.25, -0.2) is 0 Å². The monoisotopic (exact) mass is 358 g/mol. The second kappa shape index (κ2) is 6.20. The summed E-state index contributed by atoms with van der Waals surface area (Å²) in [6, 6.07) is 11.4. The summed E-state index contributed by atoms with van der Waals surface area (Å²) in [6.45, 7) is 0.527. The van der Waals surface area contributed by atoms with Crippen LogP contribution < -0.4 is 4.90 Å². The van der Waals surface area contributed by atoms with Gasteiger partial charge in [-0.05, 0) is 48.2 Å². The number of carbonyl (C=O) groups is 1. The van der Waals surface area contributed by atoms with E-state index in [9.17, 15) is 18.0 Å². The zero-order valence-electron chi connectivity index (χ0n) is 13.9. The van der Waals surface area contributed by atoms with Gasteiger partial charge in [-0.1, -0.05) is 18.2 Å². The molecule has 0 saturated carbocycles. The minimum absolute atomic E-state index is 0.101. The number of benzene rings is 2. The number of rotatable bonds is 2. The van der Waals surface area contributed by atoms with Crippen LogP contribution in [0.3, 0.4) is 0 Å². The number of para-hydroxylation sites is 1. The number of amides is 1. The number of carbonyl (C=O) groups excluding carboxylic acids is 1. The van der Waals surface area contributed by atoms with E-state index in [0.717, 1.165) is 22.5 Å². The third-order valence-electron chi connectivity index (χ3n) is 4.84. The van der Waals surface area contributed by atoms with Crippen LogP contribution in [-0.2, 0) is 23.8 Å². The maximum atomic E-state index is 12.9. The van der Waals surface area contributed by atoms with E-state index in [1.807, 2.05) is 30.5 Å². The van der Waals surface area contributed by atoms with Crippen LogP contribution in [0.1, 0.15) is 23.1 Å². The van der Waals surface area contributed by atoms with Crippen molar-refractivity contribution in [3.63, 3.8) is 0 Å². The predicted molar refractivity (Wildman–Crippen MR) is 94.1 cm³/mol. The highest BCUT2D eigenvalue weighted by atomic mass is 19.4. The molecule has 3 aromatic rings. The van der Waals surface area contributed by atoms with Crippen molar-refractivity contribution in [3.8, 4) is 0 Å². The Balaban J connectivity index is 1.62. The van der Waals surface area contributed by atoms with Gasteiger partial charge in [0.2, 0.25) is 5.91 Å². The van der Waals surface area contributed by atoms with Gasteiger partial charge in [-0.2, -0.15) is 13.2 Å². The predicted octanol–water partition coefficient (Wildman–Crippen LogP) is 4.71. The molecule has 4 rings (SSSR count). The Labute approximate surface area is 148 Å². The molecule has 2 heterocycles. The zero-order valence-corrected chi connectivity index (χ0v) is 13.9. The molecule has 1 aliphatic rings. The highest BCUT2D eigenvalue weighted by molar-refractivity contribution is 5.98. The molecule has 2 aromatic carbocycles. The Hall–Kier alpha value is -2.76. The van der Waals surface area contributed by atoms with E-state index >= 15 is 0 Å². The van der Waals surface area contributed by atoms with Gasteiger partial charge in [-0.15, -0.1) is 0 Å². The van der Waals surface area contributed by atoms with Gasteiger partial charge in [0.25, 0.3) is 0 Å². The van der Waals surface area contributed by atoms with E-state index in [4.69, 9.17) is 0 Å². The second-order valence-corrected chi connectivity index (χ2v) is 6.53. The third kappa shape index (κ3) is 2.96. The first kappa shape index (κ1) is 16.7. The van der Waals surface area contributed by atoms with Crippen molar-refractivity contribution >= 4 is 22.5 Å². The third-order valence-corrected chi connectivity index (χ3v) is 4.84. The summed E-state index contributed by atoms with van der Waals surface area (Å²) in [5.74, 6) is -0.101. The largest absolute Gasteiger partial charge is 0.416 e. The molecule has 0 radical (unpaired) electrons. The Bertz CT molecular complexity index is 975. The lowest BCUT2D eigenvalue weighted by atomic mass is 9.98. The molecule has 134 valence electrons. The number of halogens is 3. The number of fused-ring (bicyclic) bond motifs is 2. The Morgan fingerprint density at radius 1 is 1.15 bits per heavy atom. The maximum Gasteiger partial charge on any atom is 0.416 e. The van der Waals surface area contributed by atoms with Crippen LogP contribution in [0.25, 0.3) is 10.9 Å². The van der Waals surface area contributed by atoms with E-state index in [0.29, 0.717) is 30.6 Å². The summed E-state index contributed by atoms with van der Waals surface area (Å²) in [5.41, 5.74) is 2.36. The highest BCUT2D eigenvalue weighted by Crippen LogP contribution is 2.35. The van der Waals surface area contributed by atoms with Crippen LogP contribution in [0.4, 0.5) is 18.9 Å². The lowest BCUT2D eigenvalue weighted by molar-refractivity contribution is -0.137. The van der Waals surface area contributed by atoms with Crippen LogP contribution in [0.5, 0.6) is 0 Å². The standard InChI is InChI=1S/C20H17F3N2O/c21-20(22,23)15-7-8-18-13(10-15)4-3-9-25(18)19(26)11-14-12-24-17-6-2-1-5-16(14)17/h1-2,5-8,10,12,24H,3-4,9,11H2. The van der Waals surface area contributed by atoms with Crippen LogP contribution in [0, 0.1) is 0 Å². The van der Waals surface area contributed by atoms with Gasteiger partial charge in [0.05, 0.1) is 12.0 Å².